The molecule has 1 aliphatic rings. The summed E-state index contributed by atoms with van der Waals surface area (Å²) in [5.41, 5.74) is 4.02. The number of nitrogens with one attached hydrogen (secondary N) is 1. The number of hydrogen-bond donors (Lipinski definition) is 1. The van der Waals surface area contributed by atoms with Crippen molar-refractivity contribution in [2.45, 2.75) is 59.3 Å². The molecule has 176 valence electrons. The number of nitrogens with zero attached hydrogens (tertiary/aromatic N) is 3. The van der Waals surface area contributed by atoms with E-state index in [0.717, 1.165) is 28.6 Å². The van der Waals surface area contributed by atoms with Crippen LogP contribution in [-0.4, -0.2) is 26.0 Å². The maximum absolute atomic E-state index is 13.2. The molecule has 8 heteroatoms. The molecule has 8 nitrogen and oxygen atoms in total. The van der Waals surface area contributed by atoms with Crippen LogP contribution in [0.5, 0.6) is 0 Å². The number of carbonyl (C=O) groups excluding carboxylic acids is 1. The van der Waals surface area contributed by atoms with Gasteiger partial charge in [0, 0.05) is 17.7 Å². The highest BCUT2D eigenvalue weighted by Crippen LogP contribution is 2.38. The molecule has 34 heavy (non-hydrogen) atoms. The number of para-hydroxylation sites is 1. The van der Waals surface area contributed by atoms with Gasteiger partial charge in [-0.3, -0.25) is 14.2 Å². The van der Waals surface area contributed by atoms with Gasteiger partial charge in [0.25, 0.3) is 5.56 Å². The SMILES string of the molecule is CC(C)Cc1nc2oc3c(=O)n(CC(=O)Nc4ccccc4)cnc3c2c2c1COC(C)(C)C2. The monoisotopic (exact) mass is 460 g/mol. The average molecular weight is 461 g/mol. The lowest BCUT2D eigenvalue weighted by Gasteiger charge is -2.33. The van der Waals surface area contributed by atoms with Gasteiger partial charge < -0.3 is 14.5 Å². The van der Waals surface area contributed by atoms with E-state index in [1.807, 2.05) is 18.2 Å². The first-order valence-corrected chi connectivity index (χ1v) is 11.5. The lowest BCUT2D eigenvalue weighted by atomic mass is 9.88. The Morgan fingerprint density at radius 2 is 1.97 bits per heavy atom. The Hall–Kier alpha value is -3.52. The second-order valence-electron chi connectivity index (χ2n) is 9.89. The van der Waals surface area contributed by atoms with Gasteiger partial charge in [0.1, 0.15) is 12.1 Å². The molecule has 0 saturated carbocycles. The van der Waals surface area contributed by atoms with Crippen molar-refractivity contribution in [3.63, 3.8) is 0 Å². The fourth-order valence-electron chi connectivity index (χ4n) is 4.51. The number of carbonyl (C=O) groups is 1. The first-order valence-electron chi connectivity index (χ1n) is 11.5. The summed E-state index contributed by atoms with van der Waals surface area (Å²) in [7, 11) is 0. The summed E-state index contributed by atoms with van der Waals surface area (Å²) in [5, 5.41) is 3.55. The molecule has 0 bridgehead atoms. The standard InChI is InChI=1S/C26H28N4O4/c1-15(2)10-19-18-13-33-26(3,4)11-17(18)21-22-23(34-24(21)29-19)25(32)30(14-27-22)12-20(31)28-16-8-6-5-7-9-16/h5-9,14-15H,10-13H2,1-4H3,(H,28,31). The van der Waals surface area contributed by atoms with Gasteiger partial charge in [-0.2, -0.15) is 0 Å². The third-order valence-electron chi connectivity index (χ3n) is 6.08. The van der Waals surface area contributed by atoms with Crippen LogP contribution in [0.25, 0.3) is 22.2 Å². The number of anilines is 1. The predicted octanol–water partition coefficient (Wildman–Crippen LogP) is 4.23. The normalized spacial score (nSPS) is 15.1. The lowest BCUT2D eigenvalue weighted by molar-refractivity contribution is -0.116. The zero-order chi connectivity index (χ0) is 24.0. The van der Waals surface area contributed by atoms with Crippen LogP contribution in [0.2, 0.25) is 0 Å². The van der Waals surface area contributed by atoms with Gasteiger partial charge in [-0.1, -0.05) is 32.0 Å². The van der Waals surface area contributed by atoms with E-state index >= 15 is 0 Å². The zero-order valence-electron chi connectivity index (χ0n) is 19.8. The van der Waals surface area contributed by atoms with E-state index in [0.29, 0.717) is 35.9 Å². The van der Waals surface area contributed by atoms with E-state index in [9.17, 15) is 9.59 Å². The molecule has 3 aromatic heterocycles. The van der Waals surface area contributed by atoms with Crippen molar-refractivity contribution in [2.75, 3.05) is 5.32 Å². The van der Waals surface area contributed by atoms with Crippen molar-refractivity contribution in [2.24, 2.45) is 5.92 Å². The van der Waals surface area contributed by atoms with Gasteiger partial charge in [-0.05, 0) is 43.9 Å². The number of furan rings is 1. The van der Waals surface area contributed by atoms with Crippen LogP contribution in [-0.2, 0) is 35.5 Å². The van der Waals surface area contributed by atoms with E-state index in [-0.39, 0.29) is 23.6 Å². The van der Waals surface area contributed by atoms with E-state index < -0.39 is 5.56 Å². The molecule has 4 aromatic rings. The number of aromatic nitrogens is 3. The van der Waals surface area contributed by atoms with Crippen LogP contribution >= 0.6 is 0 Å². The van der Waals surface area contributed by atoms with Crippen LogP contribution in [0.4, 0.5) is 5.69 Å². The number of pyridine rings is 1. The van der Waals surface area contributed by atoms with Gasteiger partial charge in [-0.15, -0.1) is 0 Å². The highest BCUT2D eigenvalue weighted by molar-refractivity contribution is 6.03. The smallest absolute Gasteiger partial charge is 0.297 e. The number of amides is 1. The Kier molecular flexibility index (Phi) is 5.48. The molecule has 5 rings (SSSR count). The number of rotatable bonds is 5. The van der Waals surface area contributed by atoms with E-state index in [1.54, 1.807) is 12.1 Å². The largest absolute Gasteiger partial charge is 0.430 e. The summed E-state index contributed by atoms with van der Waals surface area (Å²) in [6.07, 6.45) is 2.87. The van der Waals surface area contributed by atoms with Gasteiger partial charge in [0.2, 0.25) is 17.2 Å². The molecule has 0 unspecified atom stereocenters. The summed E-state index contributed by atoms with van der Waals surface area (Å²) >= 11 is 0. The highest BCUT2D eigenvalue weighted by Gasteiger charge is 2.32. The second kappa shape index (κ2) is 8.36. The molecule has 1 aliphatic heterocycles. The van der Waals surface area contributed by atoms with Crippen molar-refractivity contribution in [1.82, 2.24) is 14.5 Å². The van der Waals surface area contributed by atoms with Crippen LogP contribution in [0.3, 0.4) is 0 Å². The average Bonchev–Trinajstić information content (AvgIpc) is 3.14. The molecule has 4 heterocycles. The molecule has 0 saturated heterocycles. The minimum absolute atomic E-state index is 0.116. The number of hydrogen-bond acceptors (Lipinski definition) is 6. The van der Waals surface area contributed by atoms with E-state index in [4.69, 9.17) is 14.1 Å². The Labute approximate surface area is 197 Å². The first kappa shape index (κ1) is 22.3. The lowest BCUT2D eigenvalue weighted by Crippen LogP contribution is -2.33. The zero-order valence-corrected chi connectivity index (χ0v) is 19.8. The Morgan fingerprint density at radius 3 is 2.71 bits per heavy atom. The summed E-state index contributed by atoms with van der Waals surface area (Å²) in [6.45, 7) is 8.70. The molecule has 0 spiro atoms. The number of fused-ring (bicyclic) bond motifs is 5. The van der Waals surface area contributed by atoms with Crippen molar-refractivity contribution >= 4 is 33.8 Å². The Balaban J connectivity index is 1.59. The third kappa shape index (κ3) is 4.09. The predicted molar refractivity (Wildman–Crippen MR) is 130 cm³/mol. The fraction of sp³-hybridized carbons (Fsp3) is 0.385. The highest BCUT2D eigenvalue weighted by atomic mass is 16.5. The molecule has 1 aromatic carbocycles. The van der Waals surface area contributed by atoms with Crippen molar-refractivity contribution in [3.05, 3.63) is 63.8 Å². The topological polar surface area (TPSA) is 99.2 Å². The molecular formula is C26H28N4O4. The number of benzene rings is 1. The van der Waals surface area contributed by atoms with Gasteiger partial charge in [-0.25, -0.2) is 9.97 Å². The van der Waals surface area contributed by atoms with E-state index in [2.05, 4.69) is 38.0 Å². The summed E-state index contributed by atoms with van der Waals surface area (Å²) in [5.74, 6) is 0.0889. The number of ether oxygens (including phenoxy) is 1. The Bertz CT molecular complexity index is 1450. The van der Waals surface area contributed by atoms with Crippen molar-refractivity contribution in [1.29, 1.82) is 0 Å². The second-order valence-corrected chi connectivity index (χ2v) is 9.89. The minimum atomic E-state index is -0.406. The quantitative estimate of drug-likeness (QED) is 0.479. The molecule has 1 amide bonds. The first-order chi connectivity index (χ1) is 16.2. The van der Waals surface area contributed by atoms with Crippen LogP contribution in [0.15, 0.2) is 45.9 Å². The summed E-state index contributed by atoms with van der Waals surface area (Å²) in [6, 6.07) is 9.10. The summed E-state index contributed by atoms with van der Waals surface area (Å²) < 4.78 is 13.3. The molecule has 0 radical (unpaired) electrons. The third-order valence-corrected chi connectivity index (χ3v) is 6.08. The van der Waals surface area contributed by atoms with Gasteiger partial charge >= 0.3 is 0 Å². The van der Waals surface area contributed by atoms with E-state index in [1.165, 1.54) is 10.9 Å². The van der Waals surface area contributed by atoms with Crippen LogP contribution in [0, 0.1) is 5.92 Å². The van der Waals surface area contributed by atoms with Crippen molar-refractivity contribution < 1.29 is 13.9 Å². The van der Waals surface area contributed by atoms with Gasteiger partial charge in [0.05, 0.1) is 29.6 Å². The molecule has 1 N–H and O–H groups in total. The van der Waals surface area contributed by atoms with Crippen molar-refractivity contribution in [3.8, 4) is 0 Å². The maximum atomic E-state index is 13.2. The van der Waals surface area contributed by atoms with Gasteiger partial charge in [0.15, 0.2) is 0 Å². The molecule has 0 fully saturated rings. The maximum Gasteiger partial charge on any atom is 0.297 e. The Morgan fingerprint density at radius 1 is 1.21 bits per heavy atom. The molecule has 0 aliphatic carbocycles. The molecular weight excluding hydrogens is 432 g/mol. The van der Waals surface area contributed by atoms with Crippen LogP contribution in [0.1, 0.15) is 44.5 Å². The summed E-state index contributed by atoms with van der Waals surface area (Å²) in [4.78, 5) is 35.1. The molecule has 0 atom stereocenters. The minimum Gasteiger partial charge on any atom is -0.430 e. The fourth-order valence-corrected chi connectivity index (χ4v) is 4.51. The van der Waals surface area contributed by atoms with Crippen LogP contribution < -0.4 is 10.9 Å².